The smallest absolute Gasteiger partial charge is 0.265 e. The minimum absolute atomic E-state index is 0.364. The predicted octanol–water partition coefficient (Wildman–Crippen LogP) is 3.87. The zero-order valence-corrected chi connectivity index (χ0v) is 10.2. The van der Waals surface area contributed by atoms with Crippen LogP contribution in [0.2, 0.25) is 0 Å². The van der Waals surface area contributed by atoms with Crippen molar-refractivity contribution in [1.82, 2.24) is 0 Å². The first-order valence-corrected chi connectivity index (χ1v) is 5.42. The fourth-order valence-electron chi connectivity index (χ4n) is 0.753. The van der Waals surface area contributed by atoms with Gasteiger partial charge < -0.3 is 0 Å². The van der Waals surface area contributed by atoms with E-state index in [0.29, 0.717) is 10.2 Å². The number of rotatable bonds is 2. The van der Waals surface area contributed by atoms with Gasteiger partial charge in [0.25, 0.3) is 5.91 Å². The van der Waals surface area contributed by atoms with E-state index < -0.39 is 0 Å². The number of hydrogen-bond acceptors (Lipinski definition) is 2. The van der Waals surface area contributed by atoms with Crippen LogP contribution in [-0.4, -0.2) is 5.91 Å². The summed E-state index contributed by atoms with van der Waals surface area (Å²) >= 11 is 6.13. The number of carbonyl (C=O) groups is 1. The van der Waals surface area contributed by atoms with Crippen molar-refractivity contribution >= 4 is 37.8 Å². The number of azo groups is 1. The van der Waals surface area contributed by atoms with Gasteiger partial charge >= 0.3 is 0 Å². The van der Waals surface area contributed by atoms with Gasteiger partial charge in [-0.05, 0) is 28.1 Å². The summed E-state index contributed by atoms with van der Waals surface area (Å²) in [6, 6.07) is 8.76. The van der Waals surface area contributed by atoms with Gasteiger partial charge in [-0.25, -0.2) is 0 Å². The Balaban J connectivity index is 2.74. The second-order valence-electron chi connectivity index (χ2n) is 2.30. The number of benzene rings is 1. The molecule has 1 rings (SSSR count). The Bertz CT molecular complexity index is 374. The third-order valence-electron chi connectivity index (χ3n) is 1.35. The van der Waals surface area contributed by atoms with E-state index in [1.54, 1.807) is 24.3 Å². The highest BCUT2D eigenvalue weighted by Crippen LogP contribution is 2.10. The lowest BCUT2D eigenvalue weighted by molar-refractivity contribution is 0.0995. The van der Waals surface area contributed by atoms with Crippen LogP contribution in [0.15, 0.2) is 50.2 Å². The Morgan fingerprint density at radius 1 is 1.21 bits per heavy atom. The highest BCUT2D eigenvalue weighted by molar-refractivity contribution is 9.14. The average Bonchev–Trinajstić information content (AvgIpc) is 2.26. The van der Waals surface area contributed by atoms with Crippen molar-refractivity contribution in [3.05, 3.63) is 45.5 Å². The topological polar surface area (TPSA) is 41.8 Å². The molecule has 3 nitrogen and oxygen atoms in total. The van der Waals surface area contributed by atoms with E-state index in [1.165, 1.54) is 4.99 Å². The first-order chi connectivity index (χ1) is 6.74. The summed E-state index contributed by atoms with van der Waals surface area (Å²) in [5.41, 5.74) is 0.520. The fourth-order valence-corrected chi connectivity index (χ4v) is 0.924. The summed E-state index contributed by atoms with van der Waals surface area (Å²) in [5, 5.41) is 7.13. The molecule has 0 radical (unpaired) electrons. The van der Waals surface area contributed by atoms with Crippen LogP contribution < -0.4 is 0 Å². The molecule has 0 fully saturated rings. The highest BCUT2D eigenvalue weighted by atomic mass is 79.9. The molecule has 1 aromatic carbocycles. The van der Waals surface area contributed by atoms with Crippen molar-refractivity contribution < 1.29 is 4.79 Å². The zero-order valence-electron chi connectivity index (χ0n) is 7.02. The zero-order chi connectivity index (χ0) is 10.4. The lowest BCUT2D eigenvalue weighted by atomic mass is 10.2. The van der Waals surface area contributed by atoms with Crippen LogP contribution in [0.3, 0.4) is 0 Å². The molecule has 1 aromatic rings. The Hall–Kier alpha value is -0.810. The molecule has 0 unspecified atom stereocenters. The maximum atomic E-state index is 11.3. The van der Waals surface area contributed by atoms with E-state index in [4.69, 9.17) is 0 Å². The molecule has 0 atom stereocenters. The average molecular weight is 318 g/mol. The summed E-state index contributed by atoms with van der Waals surface area (Å²) in [7, 11) is 0. The third kappa shape index (κ3) is 3.51. The summed E-state index contributed by atoms with van der Waals surface area (Å²) in [6.07, 6.45) is 0. The van der Waals surface area contributed by atoms with Gasteiger partial charge in [0, 0.05) is 10.5 Å². The second kappa shape index (κ2) is 5.82. The van der Waals surface area contributed by atoms with E-state index in [9.17, 15) is 4.79 Å². The van der Waals surface area contributed by atoms with Gasteiger partial charge in [0.15, 0.2) is 0 Å². The second-order valence-corrected chi connectivity index (χ2v) is 3.57. The Kier molecular flexibility index (Phi) is 4.69. The van der Waals surface area contributed by atoms with Crippen LogP contribution in [-0.2, 0) is 0 Å². The summed E-state index contributed by atoms with van der Waals surface area (Å²) in [4.78, 5) is 12.9. The molecule has 72 valence electrons. The van der Waals surface area contributed by atoms with Crippen LogP contribution in [0, 0.1) is 0 Å². The third-order valence-corrected chi connectivity index (χ3v) is 2.78. The van der Waals surface area contributed by atoms with Crippen LogP contribution in [0.25, 0.3) is 0 Å². The Morgan fingerprint density at radius 2 is 1.86 bits per heavy atom. The van der Waals surface area contributed by atoms with Crippen molar-refractivity contribution in [3.8, 4) is 0 Å². The van der Waals surface area contributed by atoms with E-state index in [2.05, 4.69) is 42.1 Å². The number of halogens is 2. The molecule has 0 aromatic heterocycles. The van der Waals surface area contributed by atoms with Gasteiger partial charge in [-0.15, -0.1) is 10.2 Å². The number of amides is 1. The molecule has 0 aliphatic heterocycles. The van der Waals surface area contributed by atoms with Crippen molar-refractivity contribution in [2.45, 2.75) is 0 Å². The van der Waals surface area contributed by atoms with Crippen LogP contribution in [0.4, 0.5) is 0 Å². The molecular formula is C9H6Br2N2O. The molecule has 0 aliphatic carbocycles. The minimum Gasteiger partial charge on any atom is -0.265 e. The maximum absolute atomic E-state index is 11.3. The first-order valence-electron chi connectivity index (χ1n) is 3.71. The van der Waals surface area contributed by atoms with Crippen molar-refractivity contribution in [3.63, 3.8) is 0 Å². The van der Waals surface area contributed by atoms with E-state index in [1.807, 2.05) is 6.07 Å². The van der Waals surface area contributed by atoms with Crippen molar-refractivity contribution in [1.29, 1.82) is 0 Å². The largest absolute Gasteiger partial charge is 0.295 e. The minimum atomic E-state index is -0.364. The van der Waals surface area contributed by atoms with E-state index >= 15 is 0 Å². The molecule has 0 saturated carbocycles. The monoisotopic (exact) mass is 316 g/mol. The molecule has 5 heteroatoms. The van der Waals surface area contributed by atoms with Crippen molar-refractivity contribution in [2.24, 2.45) is 10.2 Å². The molecular weight excluding hydrogens is 312 g/mol. The SMILES string of the molecule is O=C(N=NC(Br)=CBr)c1ccccc1. The summed E-state index contributed by atoms with van der Waals surface area (Å²) in [6.45, 7) is 0. The Labute approximate surface area is 98.2 Å². The van der Waals surface area contributed by atoms with Crippen LogP contribution in [0.1, 0.15) is 10.4 Å². The maximum Gasteiger partial charge on any atom is 0.295 e. The lowest BCUT2D eigenvalue weighted by Gasteiger charge is -1.91. The summed E-state index contributed by atoms with van der Waals surface area (Å²) in [5.74, 6) is -0.364. The van der Waals surface area contributed by atoms with Gasteiger partial charge in [0.2, 0.25) is 0 Å². The first kappa shape index (κ1) is 11.3. The molecule has 0 bridgehead atoms. The Morgan fingerprint density at radius 3 is 2.43 bits per heavy atom. The van der Waals surface area contributed by atoms with Gasteiger partial charge in [-0.1, -0.05) is 34.1 Å². The summed E-state index contributed by atoms with van der Waals surface area (Å²) < 4.78 is 0.460. The number of nitrogens with zero attached hydrogens (tertiary/aromatic N) is 2. The molecule has 0 saturated heterocycles. The van der Waals surface area contributed by atoms with Crippen molar-refractivity contribution in [2.75, 3.05) is 0 Å². The molecule has 0 N–H and O–H groups in total. The number of hydrogen-bond donors (Lipinski definition) is 0. The standard InChI is InChI=1S/C9H6Br2N2O/c10-6-8(11)12-13-9(14)7-4-2-1-3-5-7/h1-6H. The molecule has 0 spiro atoms. The molecule has 0 heterocycles. The van der Waals surface area contributed by atoms with Gasteiger partial charge in [-0.2, -0.15) is 0 Å². The fraction of sp³-hybridized carbons (Fsp3) is 0. The lowest BCUT2D eigenvalue weighted by Crippen LogP contribution is -1.92. The van der Waals surface area contributed by atoms with Crippen LogP contribution >= 0.6 is 31.9 Å². The van der Waals surface area contributed by atoms with E-state index in [-0.39, 0.29) is 5.91 Å². The molecule has 14 heavy (non-hydrogen) atoms. The predicted molar refractivity (Wildman–Crippen MR) is 61.6 cm³/mol. The molecule has 0 aliphatic rings. The normalized spacial score (nSPS) is 12.0. The van der Waals surface area contributed by atoms with Crippen LogP contribution in [0.5, 0.6) is 0 Å². The number of carbonyl (C=O) groups excluding carboxylic acids is 1. The molecule has 1 amide bonds. The van der Waals surface area contributed by atoms with E-state index in [0.717, 1.165) is 0 Å². The van der Waals surface area contributed by atoms with Gasteiger partial charge in [0.1, 0.15) is 4.61 Å². The highest BCUT2D eigenvalue weighted by Gasteiger charge is 2.01. The van der Waals surface area contributed by atoms with Gasteiger partial charge in [-0.3, -0.25) is 4.79 Å². The van der Waals surface area contributed by atoms with Gasteiger partial charge in [0.05, 0.1) is 0 Å². The quantitative estimate of drug-likeness (QED) is 0.603.